The minimum atomic E-state index is 0. The van der Waals surface area contributed by atoms with Crippen LogP contribution in [0.4, 0.5) is 0 Å². The number of nitrogens with one attached hydrogen (secondary N) is 1. The second kappa shape index (κ2) is 8.72. The van der Waals surface area contributed by atoms with Crippen molar-refractivity contribution in [3.8, 4) is 0 Å². The first-order valence-corrected chi connectivity index (χ1v) is 3.00. The topological polar surface area (TPSA) is 42.3 Å². The van der Waals surface area contributed by atoms with E-state index in [4.69, 9.17) is 14.9 Å². The summed E-state index contributed by atoms with van der Waals surface area (Å²) in [4.78, 5) is 0. The average Bonchev–Trinajstić information content (AvgIpc) is 1.85. The summed E-state index contributed by atoms with van der Waals surface area (Å²) in [5, 5.41) is 7.09. The molecule has 0 bridgehead atoms. The van der Waals surface area contributed by atoms with Crippen LogP contribution in [0.3, 0.4) is 0 Å². The first-order valence-electron chi connectivity index (χ1n) is 3.00. The zero-order valence-electron chi connectivity index (χ0n) is 6.35. The van der Waals surface area contributed by atoms with Gasteiger partial charge in [0, 0.05) is 13.5 Å². The molecule has 0 heterocycles. The molecule has 0 spiro atoms. The minimum Gasteiger partial charge on any atom is -0.481 e. The van der Waals surface area contributed by atoms with Gasteiger partial charge in [0.05, 0.1) is 13.2 Å². The van der Waals surface area contributed by atoms with E-state index in [-0.39, 0.29) is 12.4 Å². The van der Waals surface area contributed by atoms with Crippen LogP contribution in [0.1, 0.15) is 13.3 Å². The highest BCUT2D eigenvalue weighted by Gasteiger charge is 1.93. The van der Waals surface area contributed by atoms with E-state index in [1.54, 1.807) is 7.11 Å². The molecule has 0 unspecified atom stereocenters. The van der Waals surface area contributed by atoms with Gasteiger partial charge in [0.15, 0.2) is 5.90 Å². The number of rotatable bonds is 4. The van der Waals surface area contributed by atoms with E-state index in [9.17, 15) is 0 Å². The lowest BCUT2D eigenvalue weighted by atomic mass is 10.4. The molecular weight excluding hydrogens is 154 g/mol. The van der Waals surface area contributed by atoms with Crippen molar-refractivity contribution in [2.45, 2.75) is 13.3 Å². The minimum absolute atomic E-state index is 0. The molecule has 0 rings (SSSR count). The fraction of sp³-hybridized carbons (Fsp3) is 0.833. The van der Waals surface area contributed by atoms with Crippen molar-refractivity contribution in [2.24, 2.45) is 0 Å². The normalized spacial score (nSPS) is 8.20. The summed E-state index contributed by atoms with van der Waals surface area (Å²) in [5.74, 6) is 0.305. The van der Waals surface area contributed by atoms with Gasteiger partial charge in [0.25, 0.3) is 0 Å². The Balaban J connectivity index is 0. The van der Waals surface area contributed by atoms with Crippen LogP contribution >= 0.6 is 12.4 Å². The van der Waals surface area contributed by atoms with Gasteiger partial charge in [-0.25, -0.2) is 0 Å². The summed E-state index contributed by atoms with van der Waals surface area (Å²) < 4.78 is 9.59. The lowest BCUT2D eigenvalue weighted by molar-refractivity contribution is 0.197. The molecule has 0 aromatic carbocycles. The maximum absolute atomic E-state index is 7.09. The molecule has 0 amide bonds. The fourth-order valence-electron chi connectivity index (χ4n) is 0.441. The lowest BCUT2D eigenvalue weighted by Gasteiger charge is -2.02. The summed E-state index contributed by atoms with van der Waals surface area (Å²) in [5.41, 5.74) is 0. The third-order valence-electron chi connectivity index (χ3n) is 0.852. The first-order chi connectivity index (χ1) is 4.31. The van der Waals surface area contributed by atoms with E-state index in [2.05, 4.69) is 0 Å². The predicted molar refractivity (Wildman–Crippen MR) is 43.1 cm³/mol. The molecule has 10 heavy (non-hydrogen) atoms. The molecule has 3 nitrogen and oxygen atoms in total. The Morgan fingerprint density at radius 2 is 2.10 bits per heavy atom. The number of halogens is 1. The van der Waals surface area contributed by atoms with Gasteiger partial charge in [-0.1, -0.05) is 0 Å². The number of methoxy groups -OCH3 is 1. The van der Waals surface area contributed by atoms with Gasteiger partial charge in [-0.05, 0) is 6.92 Å². The Kier molecular flexibility index (Phi) is 10.8. The van der Waals surface area contributed by atoms with E-state index in [0.29, 0.717) is 25.5 Å². The predicted octanol–water partition coefficient (Wildman–Crippen LogP) is 1.46. The van der Waals surface area contributed by atoms with Crippen LogP contribution in [0.2, 0.25) is 0 Å². The highest BCUT2D eigenvalue weighted by molar-refractivity contribution is 5.85. The summed E-state index contributed by atoms with van der Waals surface area (Å²) >= 11 is 0. The molecule has 0 aliphatic carbocycles. The van der Waals surface area contributed by atoms with Crippen molar-refractivity contribution in [2.75, 3.05) is 20.3 Å². The van der Waals surface area contributed by atoms with Gasteiger partial charge in [-0.15, -0.1) is 12.4 Å². The SMILES string of the molecule is CCOC(=N)CCOC.Cl. The Morgan fingerprint density at radius 1 is 1.50 bits per heavy atom. The van der Waals surface area contributed by atoms with Crippen molar-refractivity contribution in [3.05, 3.63) is 0 Å². The molecule has 0 aromatic rings. The van der Waals surface area contributed by atoms with Gasteiger partial charge < -0.3 is 9.47 Å². The summed E-state index contributed by atoms with van der Waals surface area (Å²) in [7, 11) is 1.61. The van der Waals surface area contributed by atoms with Gasteiger partial charge >= 0.3 is 0 Å². The van der Waals surface area contributed by atoms with Crippen LogP contribution in [0.15, 0.2) is 0 Å². The highest BCUT2D eigenvalue weighted by atomic mass is 35.5. The lowest BCUT2D eigenvalue weighted by Crippen LogP contribution is -2.05. The van der Waals surface area contributed by atoms with E-state index >= 15 is 0 Å². The molecule has 0 fully saturated rings. The van der Waals surface area contributed by atoms with Crippen LogP contribution < -0.4 is 0 Å². The van der Waals surface area contributed by atoms with E-state index in [1.165, 1.54) is 0 Å². The molecule has 0 atom stereocenters. The van der Waals surface area contributed by atoms with Crippen LogP contribution in [-0.2, 0) is 9.47 Å². The highest BCUT2D eigenvalue weighted by Crippen LogP contribution is 1.85. The van der Waals surface area contributed by atoms with Gasteiger partial charge in [0.1, 0.15) is 0 Å². The Hall–Kier alpha value is -0.280. The van der Waals surface area contributed by atoms with Gasteiger partial charge in [-0.2, -0.15) is 0 Å². The monoisotopic (exact) mass is 167 g/mol. The quantitative estimate of drug-likeness (QED) is 0.509. The maximum atomic E-state index is 7.09. The molecule has 0 saturated carbocycles. The van der Waals surface area contributed by atoms with E-state index in [1.807, 2.05) is 6.92 Å². The Morgan fingerprint density at radius 3 is 2.50 bits per heavy atom. The van der Waals surface area contributed by atoms with Gasteiger partial charge in [-0.3, -0.25) is 5.41 Å². The molecule has 1 N–H and O–H groups in total. The zero-order chi connectivity index (χ0) is 7.11. The molecule has 0 aliphatic heterocycles. The van der Waals surface area contributed by atoms with E-state index in [0.717, 1.165) is 0 Å². The first kappa shape index (κ1) is 12.4. The van der Waals surface area contributed by atoms with Gasteiger partial charge in [0.2, 0.25) is 0 Å². The number of hydrogen-bond acceptors (Lipinski definition) is 3. The Labute approximate surface area is 67.6 Å². The van der Waals surface area contributed by atoms with Crippen LogP contribution in [0, 0.1) is 5.41 Å². The standard InChI is InChI=1S/C6H13NO2.ClH/c1-3-9-6(7)4-5-8-2;/h7H,3-5H2,1-2H3;1H. The summed E-state index contributed by atoms with van der Waals surface area (Å²) in [6, 6.07) is 0. The molecule has 4 heteroatoms. The molecule has 0 saturated heterocycles. The molecule has 0 radical (unpaired) electrons. The van der Waals surface area contributed by atoms with Crippen molar-refractivity contribution in [3.63, 3.8) is 0 Å². The number of hydrogen-bond donors (Lipinski definition) is 1. The Bertz CT molecular complexity index is 87.8. The molecule has 0 aliphatic rings. The largest absolute Gasteiger partial charge is 0.481 e. The zero-order valence-corrected chi connectivity index (χ0v) is 7.16. The third-order valence-corrected chi connectivity index (χ3v) is 0.852. The number of ether oxygens (including phenoxy) is 2. The average molecular weight is 168 g/mol. The van der Waals surface area contributed by atoms with Crippen LogP contribution in [0.5, 0.6) is 0 Å². The van der Waals surface area contributed by atoms with Crippen LogP contribution in [-0.4, -0.2) is 26.2 Å². The second-order valence-electron chi connectivity index (χ2n) is 1.60. The van der Waals surface area contributed by atoms with Crippen molar-refractivity contribution in [1.29, 1.82) is 5.41 Å². The van der Waals surface area contributed by atoms with Crippen molar-refractivity contribution < 1.29 is 9.47 Å². The fourth-order valence-corrected chi connectivity index (χ4v) is 0.441. The summed E-state index contributed by atoms with van der Waals surface area (Å²) in [6.07, 6.45) is 0.574. The smallest absolute Gasteiger partial charge is 0.182 e. The van der Waals surface area contributed by atoms with Crippen molar-refractivity contribution in [1.82, 2.24) is 0 Å². The maximum Gasteiger partial charge on any atom is 0.182 e. The second-order valence-corrected chi connectivity index (χ2v) is 1.60. The van der Waals surface area contributed by atoms with Crippen LogP contribution in [0.25, 0.3) is 0 Å². The molecule has 0 aromatic heterocycles. The van der Waals surface area contributed by atoms with Crippen molar-refractivity contribution >= 4 is 18.3 Å². The molecular formula is C6H14ClNO2. The molecule has 62 valence electrons. The summed E-state index contributed by atoms with van der Waals surface area (Å²) in [6.45, 7) is 3.00. The third kappa shape index (κ3) is 7.72. The van der Waals surface area contributed by atoms with E-state index < -0.39 is 0 Å².